The number of rotatable bonds is 8. The van der Waals surface area contributed by atoms with Crippen molar-refractivity contribution >= 4 is 17.0 Å². The van der Waals surface area contributed by atoms with Gasteiger partial charge >= 0.3 is 0 Å². The molecule has 1 aliphatic heterocycles. The van der Waals surface area contributed by atoms with E-state index in [4.69, 9.17) is 9.47 Å². The van der Waals surface area contributed by atoms with Crippen LogP contribution in [-0.2, 0) is 11.2 Å². The second kappa shape index (κ2) is 10.8. The number of aliphatic hydroxyl groups is 2. The monoisotopic (exact) mass is 451 g/mol. The Kier molecular flexibility index (Phi) is 7.60. The summed E-state index contributed by atoms with van der Waals surface area (Å²) in [5.74, 6) is 0.654. The molecular weight excluding hydrogens is 422 g/mol. The van der Waals surface area contributed by atoms with Crippen LogP contribution in [0, 0.1) is 0 Å². The van der Waals surface area contributed by atoms with Gasteiger partial charge in [-0.1, -0.05) is 35.9 Å². The van der Waals surface area contributed by atoms with E-state index in [0.29, 0.717) is 18.6 Å². The van der Waals surface area contributed by atoms with Crippen LogP contribution in [0.25, 0.3) is 11.1 Å². The van der Waals surface area contributed by atoms with E-state index in [-0.39, 0.29) is 6.61 Å². The predicted octanol–water partition coefficient (Wildman–Crippen LogP) is 5.21. The van der Waals surface area contributed by atoms with Crippen molar-refractivity contribution in [2.75, 3.05) is 11.9 Å². The summed E-state index contributed by atoms with van der Waals surface area (Å²) in [6.07, 6.45) is 2.20. The quantitative estimate of drug-likeness (QED) is 0.439. The van der Waals surface area contributed by atoms with Gasteiger partial charge in [0, 0.05) is 30.8 Å². The van der Waals surface area contributed by atoms with Crippen molar-refractivity contribution in [2.45, 2.75) is 44.7 Å². The van der Waals surface area contributed by atoms with Gasteiger partial charge in [-0.25, -0.2) is 0 Å². The smallest absolute Gasteiger partial charge is 0.202 e. The minimum Gasteiger partial charge on any atom is -0.465 e. The van der Waals surface area contributed by atoms with E-state index in [1.807, 2.05) is 30.5 Å². The SMILES string of the molecule is C/C(=C\Nc1cccc(OC2C[C@@H](O)CC(CO)O2)c1)Cc1ccc(-c2ccsc2)cc1. The van der Waals surface area contributed by atoms with Crippen LogP contribution in [-0.4, -0.2) is 35.3 Å². The van der Waals surface area contributed by atoms with Gasteiger partial charge in [0.25, 0.3) is 0 Å². The second-order valence-electron chi connectivity index (χ2n) is 8.16. The largest absolute Gasteiger partial charge is 0.465 e. The molecule has 3 atom stereocenters. The van der Waals surface area contributed by atoms with Crippen LogP contribution in [0.4, 0.5) is 5.69 Å². The third-order valence-corrected chi connectivity index (χ3v) is 6.11. The molecule has 1 fully saturated rings. The molecule has 168 valence electrons. The van der Waals surface area contributed by atoms with Gasteiger partial charge in [0.15, 0.2) is 0 Å². The van der Waals surface area contributed by atoms with Crippen LogP contribution in [0.3, 0.4) is 0 Å². The van der Waals surface area contributed by atoms with Crippen LogP contribution in [0.2, 0.25) is 0 Å². The number of benzene rings is 2. The summed E-state index contributed by atoms with van der Waals surface area (Å²) >= 11 is 1.71. The molecule has 3 aromatic rings. The molecule has 4 rings (SSSR count). The molecule has 2 unspecified atom stereocenters. The number of thiophene rings is 1. The summed E-state index contributed by atoms with van der Waals surface area (Å²) in [5, 5.41) is 26.9. The van der Waals surface area contributed by atoms with Gasteiger partial charge < -0.3 is 25.0 Å². The minimum atomic E-state index is -0.569. The van der Waals surface area contributed by atoms with Gasteiger partial charge in [-0.2, -0.15) is 11.3 Å². The second-order valence-corrected chi connectivity index (χ2v) is 8.94. The zero-order chi connectivity index (χ0) is 22.3. The Morgan fingerprint density at radius 1 is 1.16 bits per heavy atom. The molecule has 0 saturated carbocycles. The molecule has 2 heterocycles. The number of hydrogen-bond donors (Lipinski definition) is 3. The van der Waals surface area contributed by atoms with E-state index in [2.05, 4.69) is 53.3 Å². The first-order valence-corrected chi connectivity index (χ1v) is 11.8. The lowest BCUT2D eigenvalue weighted by molar-refractivity contribution is -0.184. The molecule has 0 radical (unpaired) electrons. The van der Waals surface area contributed by atoms with Crippen LogP contribution in [0.15, 0.2) is 77.1 Å². The summed E-state index contributed by atoms with van der Waals surface area (Å²) < 4.78 is 11.6. The Labute approximate surface area is 193 Å². The van der Waals surface area contributed by atoms with Crippen LogP contribution >= 0.6 is 11.3 Å². The number of anilines is 1. The number of hydrogen-bond acceptors (Lipinski definition) is 6. The Hall–Kier alpha value is -2.64. The molecule has 1 aromatic heterocycles. The predicted molar refractivity (Wildman–Crippen MR) is 129 cm³/mol. The average molecular weight is 452 g/mol. The highest BCUT2D eigenvalue weighted by atomic mass is 32.1. The van der Waals surface area contributed by atoms with Gasteiger partial charge in [-0.15, -0.1) is 0 Å². The minimum absolute atomic E-state index is 0.126. The number of nitrogens with one attached hydrogen (secondary N) is 1. The Morgan fingerprint density at radius 2 is 2.00 bits per heavy atom. The average Bonchev–Trinajstić information content (AvgIpc) is 3.33. The maximum Gasteiger partial charge on any atom is 0.202 e. The van der Waals surface area contributed by atoms with Crippen molar-refractivity contribution in [3.05, 3.63) is 82.7 Å². The maximum atomic E-state index is 9.95. The summed E-state index contributed by atoms with van der Waals surface area (Å²) in [6, 6.07) is 18.5. The summed E-state index contributed by atoms with van der Waals surface area (Å²) in [4.78, 5) is 0. The molecule has 5 nitrogen and oxygen atoms in total. The van der Waals surface area contributed by atoms with Crippen molar-refractivity contribution in [3.8, 4) is 16.9 Å². The van der Waals surface area contributed by atoms with Crippen molar-refractivity contribution in [2.24, 2.45) is 0 Å². The van der Waals surface area contributed by atoms with Crippen LogP contribution in [0.1, 0.15) is 25.3 Å². The van der Waals surface area contributed by atoms with Gasteiger partial charge in [-0.05, 0) is 59.0 Å². The Bertz CT molecular complexity index is 1020. The normalized spacial score (nSPS) is 21.3. The summed E-state index contributed by atoms with van der Waals surface area (Å²) in [5.41, 5.74) is 5.89. The lowest BCUT2D eigenvalue weighted by atomic mass is 10.0. The molecular formula is C26H29NO4S. The highest BCUT2D eigenvalue weighted by molar-refractivity contribution is 7.08. The van der Waals surface area contributed by atoms with E-state index in [9.17, 15) is 10.2 Å². The molecule has 0 spiro atoms. The third-order valence-electron chi connectivity index (χ3n) is 5.43. The first-order valence-electron chi connectivity index (χ1n) is 10.8. The fourth-order valence-electron chi connectivity index (χ4n) is 3.78. The van der Waals surface area contributed by atoms with Crippen molar-refractivity contribution in [3.63, 3.8) is 0 Å². The Morgan fingerprint density at radius 3 is 2.75 bits per heavy atom. The van der Waals surface area contributed by atoms with E-state index in [1.165, 1.54) is 22.3 Å². The fraction of sp³-hybridized carbons (Fsp3) is 0.308. The highest BCUT2D eigenvalue weighted by Gasteiger charge is 2.29. The van der Waals surface area contributed by atoms with E-state index < -0.39 is 18.5 Å². The zero-order valence-electron chi connectivity index (χ0n) is 18.1. The van der Waals surface area contributed by atoms with Gasteiger partial charge in [0.1, 0.15) is 5.75 Å². The molecule has 3 N–H and O–H groups in total. The highest BCUT2D eigenvalue weighted by Crippen LogP contribution is 2.26. The molecule has 6 heteroatoms. The first kappa shape index (κ1) is 22.6. The topological polar surface area (TPSA) is 71.0 Å². The molecule has 0 aliphatic carbocycles. The van der Waals surface area contributed by atoms with Crippen molar-refractivity contribution in [1.82, 2.24) is 0 Å². The number of allylic oxidation sites excluding steroid dienone is 1. The van der Waals surface area contributed by atoms with Gasteiger partial charge in [0.2, 0.25) is 6.29 Å². The molecule has 2 aromatic carbocycles. The Balaban J connectivity index is 1.33. The standard InChI is InChI=1S/C26H29NO4S/c1-18(11-19-5-7-20(8-6-19)21-9-10-32-17-21)15-27-22-3-2-4-24(12-22)30-26-14-23(29)13-25(16-28)31-26/h2-10,12,15,17,23,25-29H,11,13-14,16H2,1H3/b18-15+/t23-,25?,26?/m0/s1. The first-order chi connectivity index (χ1) is 15.6. The van der Waals surface area contributed by atoms with E-state index >= 15 is 0 Å². The van der Waals surface area contributed by atoms with Crippen LogP contribution < -0.4 is 10.1 Å². The summed E-state index contributed by atoms with van der Waals surface area (Å²) in [7, 11) is 0. The lowest BCUT2D eigenvalue weighted by Gasteiger charge is -2.32. The van der Waals surface area contributed by atoms with Crippen LogP contribution in [0.5, 0.6) is 5.75 Å². The zero-order valence-corrected chi connectivity index (χ0v) is 18.9. The number of ether oxygens (including phenoxy) is 2. The summed E-state index contributed by atoms with van der Waals surface area (Å²) in [6.45, 7) is 1.98. The lowest BCUT2D eigenvalue weighted by Crippen LogP contribution is -2.40. The van der Waals surface area contributed by atoms with E-state index in [0.717, 1.165) is 12.1 Å². The third kappa shape index (κ3) is 6.20. The fourth-order valence-corrected chi connectivity index (χ4v) is 4.44. The van der Waals surface area contributed by atoms with Gasteiger partial charge in [0.05, 0.1) is 18.8 Å². The maximum absolute atomic E-state index is 9.95. The van der Waals surface area contributed by atoms with Crippen molar-refractivity contribution in [1.29, 1.82) is 0 Å². The molecule has 1 aliphatic rings. The van der Waals surface area contributed by atoms with Gasteiger partial charge in [-0.3, -0.25) is 0 Å². The van der Waals surface area contributed by atoms with E-state index in [1.54, 1.807) is 11.3 Å². The van der Waals surface area contributed by atoms with Crippen molar-refractivity contribution < 1.29 is 19.7 Å². The number of aliphatic hydroxyl groups excluding tert-OH is 2. The molecule has 1 saturated heterocycles. The molecule has 0 bridgehead atoms. The molecule has 32 heavy (non-hydrogen) atoms. The molecule has 0 amide bonds.